The molecule has 2 rings (SSSR count). The van der Waals surface area contributed by atoms with Crippen LogP contribution < -0.4 is 9.47 Å². The van der Waals surface area contributed by atoms with Crippen molar-refractivity contribution >= 4 is 23.2 Å². The van der Waals surface area contributed by atoms with Gasteiger partial charge in [0, 0.05) is 0 Å². The third-order valence-corrected chi connectivity index (χ3v) is 4.00. The average Bonchev–Trinajstić information content (AvgIpc) is 2.53. The summed E-state index contributed by atoms with van der Waals surface area (Å²) in [4.78, 5) is 0. The maximum Gasteiger partial charge on any atom is 0.190 e. The summed E-state index contributed by atoms with van der Waals surface area (Å²) < 4.78 is 11.1. The highest BCUT2D eigenvalue weighted by Gasteiger charge is 2.25. The third-order valence-electron chi connectivity index (χ3n) is 3.28. The zero-order valence-electron chi connectivity index (χ0n) is 12.7. The van der Waals surface area contributed by atoms with Crippen LogP contribution >= 0.6 is 23.2 Å². The first-order valence-electron chi connectivity index (χ1n) is 6.58. The van der Waals surface area contributed by atoms with E-state index in [2.05, 4.69) is 0 Å². The van der Waals surface area contributed by atoms with Gasteiger partial charge in [-0.2, -0.15) is 10.5 Å². The first-order valence-corrected chi connectivity index (χ1v) is 7.34. The van der Waals surface area contributed by atoms with E-state index in [9.17, 15) is 10.5 Å². The Labute approximate surface area is 144 Å². The van der Waals surface area contributed by atoms with Crippen molar-refractivity contribution in [2.75, 3.05) is 7.11 Å². The Morgan fingerprint density at radius 1 is 0.957 bits per heavy atom. The van der Waals surface area contributed by atoms with Gasteiger partial charge in [0.2, 0.25) is 0 Å². The molecule has 0 N–H and O–H groups in total. The smallest absolute Gasteiger partial charge is 0.190 e. The van der Waals surface area contributed by atoms with E-state index in [1.165, 1.54) is 7.11 Å². The average molecular weight is 347 g/mol. The van der Waals surface area contributed by atoms with Gasteiger partial charge in [-0.3, -0.25) is 0 Å². The number of nitrogens with zero attached hydrogens (tertiary/aromatic N) is 2. The van der Waals surface area contributed by atoms with Gasteiger partial charge in [0.05, 0.1) is 18.2 Å². The van der Waals surface area contributed by atoms with Crippen molar-refractivity contribution in [2.45, 2.75) is 13.8 Å². The van der Waals surface area contributed by atoms with Crippen LogP contribution in [0.1, 0.15) is 22.3 Å². The first-order chi connectivity index (χ1) is 10.9. The number of hydrogen-bond donors (Lipinski definition) is 0. The molecule has 0 atom stereocenters. The summed E-state index contributed by atoms with van der Waals surface area (Å²) in [5.74, 6) is 0.798. The Kier molecular flexibility index (Phi) is 5.01. The van der Waals surface area contributed by atoms with Gasteiger partial charge < -0.3 is 9.47 Å². The number of halogens is 2. The van der Waals surface area contributed by atoms with Gasteiger partial charge >= 0.3 is 0 Å². The summed E-state index contributed by atoms with van der Waals surface area (Å²) in [6.45, 7) is 3.81. The molecule has 0 aliphatic heterocycles. The molecule has 2 aromatic rings. The normalized spacial score (nSPS) is 9.87. The van der Waals surface area contributed by atoms with E-state index in [0.717, 1.165) is 11.1 Å². The van der Waals surface area contributed by atoms with Gasteiger partial charge in [0.25, 0.3) is 0 Å². The Morgan fingerprint density at radius 2 is 1.52 bits per heavy atom. The highest BCUT2D eigenvalue weighted by molar-refractivity contribution is 6.37. The number of nitriles is 2. The molecule has 0 radical (unpaired) electrons. The Bertz CT molecular complexity index is 861. The lowest BCUT2D eigenvalue weighted by Gasteiger charge is -2.17. The molecule has 0 unspecified atom stereocenters. The van der Waals surface area contributed by atoms with Crippen LogP contribution in [-0.4, -0.2) is 7.11 Å². The second kappa shape index (κ2) is 6.79. The molecule has 2 aromatic carbocycles. The van der Waals surface area contributed by atoms with Gasteiger partial charge in [-0.05, 0) is 31.0 Å². The molecule has 0 saturated heterocycles. The van der Waals surface area contributed by atoms with Crippen molar-refractivity contribution in [3.05, 3.63) is 50.5 Å². The largest absolute Gasteiger partial charge is 0.491 e. The molecule has 0 heterocycles. The number of methoxy groups -OCH3 is 1. The number of benzene rings is 2. The lowest BCUT2D eigenvalue weighted by molar-refractivity contribution is 0.378. The molecule has 0 spiro atoms. The predicted molar refractivity (Wildman–Crippen MR) is 88.4 cm³/mol. The van der Waals surface area contributed by atoms with Crippen LogP contribution in [0.2, 0.25) is 10.0 Å². The zero-order valence-corrected chi connectivity index (χ0v) is 14.2. The van der Waals surface area contributed by atoms with Crippen LogP contribution in [-0.2, 0) is 0 Å². The maximum atomic E-state index is 9.27. The molecule has 0 aromatic heterocycles. The summed E-state index contributed by atoms with van der Waals surface area (Å²) in [6, 6.07) is 9.44. The van der Waals surface area contributed by atoms with Gasteiger partial charge in [-0.15, -0.1) is 0 Å². The standard InChI is InChI=1S/C17H12Cl2N2O2/c1-9-4-5-10(2)13(6-9)23-17-15(19)12(8-21)11(7-20)14(18)16(17)22-3/h4-6H,1-3H3. The number of ether oxygens (including phenoxy) is 2. The fourth-order valence-electron chi connectivity index (χ4n) is 2.06. The molecule has 6 heteroatoms. The van der Waals surface area contributed by atoms with Gasteiger partial charge in [0.1, 0.15) is 27.9 Å². The van der Waals surface area contributed by atoms with E-state index in [1.807, 2.05) is 44.2 Å². The van der Waals surface area contributed by atoms with E-state index in [-0.39, 0.29) is 32.7 Å². The molecule has 116 valence electrons. The molecular weight excluding hydrogens is 335 g/mol. The van der Waals surface area contributed by atoms with Crippen LogP contribution in [0.4, 0.5) is 0 Å². The molecule has 4 nitrogen and oxygen atoms in total. The van der Waals surface area contributed by atoms with E-state index in [1.54, 1.807) is 0 Å². The third kappa shape index (κ3) is 3.05. The summed E-state index contributed by atoms with van der Waals surface area (Å²) in [5, 5.41) is 18.5. The monoisotopic (exact) mass is 346 g/mol. The van der Waals surface area contributed by atoms with Crippen molar-refractivity contribution in [1.82, 2.24) is 0 Å². The van der Waals surface area contributed by atoms with Gasteiger partial charge in [0.15, 0.2) is 11.5 Å². The van der Waals surface area contributed by atoms with E-state index >= 15 is 0 Å². The first kappa shape index (κ1) is 17.0. The lowest BCUT2D eigenvalue weighted by Crippen LogP contribution is -1.99. The van der Waals surface area contributed by atoms with Crippen molar-refractivity contribution in [1.29, 1.82) is 10.5 Å². The molecule has 0 fully saturated rings. The van der Waals surface area contributed by atoms with Crippen molar-refractivity contribution in [2.24, 2.45) is 0 Å². The highest BCUT2D eigenvalue weighted by Crippen LogP contribution is 2.47. The van der Waals surface area contributed by atoms with Crippen molar-refractivity contribution in [3.8, 4) is 29.4 Å². The van der Waals surface area contributed by atoms with Gasteiger partial charge in [-0.1, -0.05) is 35.3 Å². The minimum absolute atomic E-state index is 0.00347. The predicted octanol–water partition coefficient (Wildman–Crippen LogP) is 5.15. The second-order valence-corrected chi connectivity index (χ2v) is 5.59. The van der Waals surface area contributed by atoms with Crippen LogP contribution in [0.3, 0.4) is 0 Å². The number of aryl methyl sites for hydroxylation is 2. The molecular formula is C17H12Cl2N2O2. The molecule has 0 amide bonds. The Balaban J connectivity index is 2.72. The minimum Gasteiger partial charge on any atom is -0.491 e. The maximum absolute atomic E-state index is 9.27. The minimum atomic E-state index is -0.0414. The quantitative estimate of drug-likeness (QED) is 0.770. The Morgan fingerprint density at radius 3 is 2.04 bits per heavy atom. The molecule has 0 aliphatic rings. The lowest BCUT2D eigenvalue weighted by atomic mass is 10.1. The fraction of sp³-hybridized carbons (Fsp3) is 0.176. The summed E-state index contributed by atoms with van der Waals surface area (Å²) >= 11 is 12.4. The van der Waals surface area contributed by atoms with E-state index in [0.29, 0.717) is 5.75 Å². The highest BCUT2D eigenvalue weighted by atomic mass is 35.5. The van der Waals surface area contributed by atoms with Crippen molar-refractivity contribution in [3.63, 3.8) is 0 Å². The van der Waals surface area contributed by atoms with Crippen molar-refractivity contribution < 1.29 is 9.47 Å². The molecule has 0 saturated carbocycles. The second-order valence-electron chi connectivity index (χ2n) is 4.83. The van der Waals surface area contributed by atoms with E-state index in [4.69, 9.17) is 32.7 Å². The van der Waals surface area contributed by atoms with Crippen LogP contribution in [0.15, 0.2) is 18.2 Å². The molecule has 0 bridgehead atoms. The SMILES string of the molecule is COc1c(Cl)c(C#N)c(C#N)c(Cl)c1Oc1cc(C)ccc1C. The summed E-state index contributed by atoms with van der Waals surface area (Å²) in [5.41, 5.74) is 1.80. The number of hydrogen-bond acceptors (Lipinski definition) is 4. The topological polar surface area (TPSA) is 66.0 Å². The zero-order chi connectivity index (χ0) is 17.1. The van der Waals surface area contributed by atoms with E-state index < -0.39 is 0 Å². The fourth-order valence-corrected chi connectivity index (χ4v) is 2.62. The van der Waals surface area contributed by atoms with Gasteiger partial charge in [-0.25, -0.2) is 0 Å². The summed E-state index contributed by atoms with van der Waals surface area (Å²) in [7, 11) is 1.39. The van der Waals surface area contributed by atoms with Crippen LogP contribution in [0.5, 0.6) is 17.2 Å². The molecule has 23 heavy (non-hydrogen) atoms. The molecule has 0 aliphatic carbocycles. The van der Waals surface area contributed by atoms with Crippen LogP contribution in [0, 0.1) is 36.5 Å². The summed E-state index contributed by atoms with van der Waals surface area (Å²) in [6.07, 6.45) is 0. The van der Waals surface area contributed by atoms with Crippen LogP contribution in [0.25, 0.3) is 0 Å². The number of rotatable bonds is 3. The Hall–Kier alpha value is -2.40.